The van der Waals surface area contributed by atoms with Crippen molar-refractivity contribution in [1.82, 2.24) is 19.9 Å². The Morgan fingerprint density at radius 2 is 1.67 bits per heavy atom. The van der Waals surface area contributed by atoms with Crippen molar-refractivity contribution in [3.8, 4) is 22.7 Å². The van der Waals surface area contributed by atoms with Crippen LogP contribution < -0.4 is 0 Å². The van der Waals surface area contributed by atoms with Gasteiger partial charge in [-0.2, -0.15) is 0 Å². The van der Waals surface area contributed by atoms with Crippen LogP contribution in [-0.2, 0) is 0 Å². The maximum atomic E-state index is 5.55. The summed E-state index contributed by atoms with van der Waals surface area (Å²) in [5, 5.41) is 0. The zero-order valence-corrected chi connectivity index (χ0v) is 11.0. The standard InChI is InChI=1S/C16H10N4O/c1-2-6-17-13(3-1)15-16(21-10-20-15)11-4-5-12-14(9-11)19-8-7-18-12/h1-10H. The van der Waals surface area contributed by atoms with E-state index in [-0.39, 0.29) is 0 Å². The highest BCUT2D eigenvalue weighted by atomic mass is 16.3. The Kier molecular flexibility index (Phi) is 2.67. The van der Waals surface area contributed by atoms with Gasteiger partial charge in [0.15, 0.2) is 12.2 Å². The molecule has 0 fully saturated rings. The predicted octanol–water partition coefficient (Wildman–Crippen LogP) is 3.35. The van der Waals surface area contributed by atoms with Gasteiger partial charge in [-0.3, -0.25) is 15.0 Å². The fourth-order valence-electron chi connectivity index (χ4n) is 2.24. The van der Waals surface area contributed by atoms with E-state index in [4.69, 9.17) is 4.42 Å². The van der Waals surface area contributed by atoms with E-state index in [0.717, 1.165) is 28.0 Å². The Labute approximate surface area is 120 Å². The number of benzene rings is 1. The number of oxazole rings is 1. The highest BCUT2D eigenvalue weighted by Crippen LogP contribution is 2.30. The quantitative estimate of drug-likeness (QED) is 0.561. The minimum absolute atomic E-state index is 0.682. The average molecular weight is 274 g/mol. The molecule has 0 atom stereocenters. The van der Waals surface area contributed by atoms with Crippen molar-refractivity contribution in [2.75, 3.05) is 0 Å². The summed E-state index contributed by atoms with van der Waals surface area (Å²) in [7, 11) is 0. The van der Waals surface area contributed by atoms with Crippen molar-refractivity contribution in [3.63, 3.8) is 0 Å². The molecular formula is C16H10N4O. The van der Waals surface area contributed by atoms with E-state index in [1.165, 1.54) is 6.39 Å². The monoisotopic (exact) mass is 274 g/mol. The lowest BCUT2D eigenvalue weighted by Crippen LogP contribution is -1.87. The van der Waals surface area contributed by atoms with Crippen LogP contribution in [0.15, 0.2) is 65.8 Å². The molecule has 21 heavy (non-hydrogen) atoms. The van der Waals surface area contributed by atoms with Crippen molar-refractivity contribution in [3.05, 3.63) is 61.4 Å². The SMILES string of the molecule is c1ccc(-c2ncoc2-c2ccc3nccnc3c2)nc1. The van der Waals surface area contributed by atoms with Gasteiger partial charge in [0.1, 0.15) is 5.69 Å². The molecule has 3 heterocycles. The number of nitrogens with zero attached hydrogens (tertiary/aromatic N) is 4. The second kappa shape index (κ2) is 4.79. The van der Waals surface area contributed by atoms with Crippen molar-refractivity contribution >= 4 is 11.0 Å². The van der Waals surface area contributed by atoms with Gasteiger partial charge in [0.05, 0.1) is 16.7 Å². The van der Waals surface area contributed by atoms with Crippen molar-refractivity contribution < 1.29 is 4.42 Å². The fourth-order valence-corrected chi connectivity index (χ4v) is 2.24. The first-order valence-corrected chi connectivity index (χ1v) is 6.48. The Bertz CT molecular complexity index is 902. The van der Waals surface area contributed by atoms with Gasteiger partial charge in [-0.15, -0.1) is 0 Å². The molecule has 0 aliphatic rings. The molecule has 0 unspecified atom stereocenters. The molecule has 4 aromatic rings. The van der Waals surface area contributed by atoms with E-state index in [1.54, 1.807) is 18.6 Å². The van der Waals surface area contributed by atoms with Gasteiger partial charge in [-0.05, 0) is 30.3 Å². The minimum atomic E-state index is 0.682. The van der Waals surface area contributed by atoms with Gasteiger partial charge < -0.3 is 4.42 Å². The lowest BCUT2D eigenvalue weighted by atomic mass is 10.1. The summed E-state index contributed by atoms with van der Waals surface area (Å²) in [5.41, 5.74) is 4.07. The number of hydrogen-bond acceptors (Lipinski definition) is 5. The first kappa shape index (κ1) is 11.7. The molecule has 5 nitrogen and oxygen atoms in total. The molecule has 0 bridgehead atoms. The molecule has 0 amide bonds. The lowest BCUT2D eigenvalue weighted by molar-refractivity contribution is 0.572. The van der Waals surface area contributed by atoms with Crippen molar-refractivity contribution in [2.45, 2.75) is 0 Å². The number of pyridine rings is 1. The molecule has 0 spiro atoms. The number of hydrogen-bond donors (Lipinski definition) is 0. The first-order chi connectivity index (χ1) is 10.4. The van der Waals surface area contributed by atoms with E-state index < -0.39 is 0 Å². The molecule has 0 saturated heterocycles. The molecule has 0 saturated carbocycles. The summed E-state index contributed by atoms with van der Waals surface area (Å²) in [6.07, 6.45) is 6.52. The molecule has 0 aliphatic carbocycles. The minimum Gasteiger partial charge on any atom is -0.443 e. The summed E-state index contributed by atoms with van der Waals surface area (Å²) < 4.78 is 5.55. The van der Waals surface area contributed by atoms with Crippen LogP contribution in [0.25, 0.3) is 33.7 Å². The van der Waals surface area contributed by atoms with Crippen LogP contribution in [-0.4, -0.2) is 19.9 Å². The third kappa shape index (κ3) is 2.04. The first-order valence-electron chi connectivity index (χ1n) is 6.48. The van der Waals surface area contributed by atoms with Crippen LogP contribution in [0.1, 0.15) is 0 Å². The zero-order valence-electron chi connectivity index (χ0n) is 11.0. The fraction of sp³-hybridized carbons (Fsp3) is 0. The summed E-state index contributed by atoms with van der Waals surface area (Å²) in [4.78, 5) is 17.2. The topological polar surface area (TPSA) is 64.7 Å². The van der Waals surface area contributed by atoms with Crippen LogP contribution in [0.2, 0.25) is 0 Å². The summed E-state index contributed by atoms with van der Waals surface area (Å²) in [6.45, 7) is 0. The van der Waals surface area contributed by atoms with Crippen LogP contribution in [0.3, 0.4) is 0 Å². The smallest absolute Gasteiger partial charge is 0.182 e. The molecule has 0 N–H and O–H groups in total. The average Bonchev–Trinajstić information content (AvgIpc) is 3.05. The van der Waals surface area contributed by atoms with Crippen LogP contribution in [0.4, 0.5) is 0 Å². The third-order valence-electron chi connectivity index (χ3n) is 3.21. The lowest BCUT2D eigenvalue weighted by Gasteiger charge is -2.02. The van der Waals surface area contributed by atoms with E-state index >= 15 is 0 Å². The van der Waals surface area contributed by atoms with E-state index in [0.29, 0.717) is 5.76 Å². The van der Waals surface area contributed by atoms with E-state index in [2.05, 4.69) is 19.9 Å². The van der Waals surface area contributed by atoms with E-state index in [9.17, 15) is 0 Å². The van der Waals surface area contributed by atoms with Crippen LogP contribution >= 0.6 is 0 Å². The van der Waals surface area contributed by atoms with Gasteiger partial charge in [-0.1, -0.05) is 6.07 Å². The Morgan fingerprint density at radius 3 is 2.52 bits per heavy atom. The molecule has 1 aromatic carbocycles. The number of aromatic nitrogens is 4. The second-order valence-electron chi connectivity index (χ2n) is 4.50. The molecular weight excluding hydrogens is 264 g/mol. The highest BCUT2D eigenvalue weighted by molar-refractivity contribution is 5.83. The highest BCUT2D eigenvalue weighted by Gasteiger charge is 2.14. The molecule has 0 radical (unpaired) electrons. The van der Waals surface area contributed by atoms with E-state index in [1.807, 2.05) is 36.4 Å². The van der Waals surface area contributed by atoms with Crippen LogP contribution in [0, 0.1) is 0 Å². The van der Waals surface area contributed by atoms with Gasteiger partial charge in [-0.25, -0.2) is 4.98 Å². The predicted molar refractivity (Wildman–Crippen MR) is 78.3 cm³/mol. The van der Waals surface area contributed by atoms with Gasteiger partial charge >= 0.3 is 0 Å². The second-order valence-corrected chi connectivity index (χ2v) is 4.50. The summed E-state index contributed by atoms with van der Waals surface area (Å²) in [6, 6.07) is 11.5. The Hall–Kier alpha value is -3.08. The third-order valence-corrected chi connectivity index (χ3v) is 3.21. The molecule has 100 valence electrons. The number of rotatable bonds is 2. The normalized spacial score (nSPS) is 10.9. The molecule has 0 aliphatic heterocycles. The van der Waals surface area contributed by atoms with Gasteiger partial charge in [0.2, 0.25) is 0 Å². The van der Waals surface area contributed by atoms with Crippen LogP contribution in [0.5, 0.6) is 0 Å². The molecule has 5 heteroatoms. The summed E-state index contributed by atoms with van der Waals surface area (Å²) in [5.74, 6) is 0.682. The summed E-state index contributed by atoms with van der Waals surface area (Å²) >= 11 is 0. The zero-order chi connectivity index (χ0) is 14.1. The number of fused-ring (bicyclic) bond motifs is 1. The van der Waals surface area contributed by atoms with Gasteiger partial charge in [0.25, 0.3) is 0 Å². The Balaban J connectivity index is 1.88. The Morgan fingerprint density at radius 1 is 0.762 bits per heavy atom. The maximum absolute atomic E-state index is 5.55. The molecule has 3 aromatic heterocycles. The van der Waals surface area contributed by atoms with Gasteiger partial charge in [0, 0.05) is 24.2 Å². The maximum Gasteiger partial charge on any atom is 0.182 e. The largest absolute Gasteiger partial charge is 0.443 e. The van der Waals surface area contributed by atoms with Crippen molar-refractivity contribution in [2.24, 2.45) is 0 Å². The van der Waals surface area contributed by atoms with Crippen molar-refractivity contribution in [1.29, 1.82) is 0 Å². The molecule has 4 rings (SSSR count).